The highest BCUT2D eigenvalue weighted by Crippen LogP contribution is 2.63. The van der Waals surface area contributed by atoms with E-state index in [-0.39, 0.29) is 0 Å². The quantitative estimate of drug-likeness (QED) is 0.711. The van der Waals surface area contributed by atoms with Crippen molar-refractivity contribution in [3.8, 4) is 0 Å². The predicted molar refractivity (Wildman–Crippen MR) is 98.1 cm³/mol. The van der Waals surface area contributed by atoms with E-state index >= 15 is 0 Å². The SMILES string of the molecule is CCN(CC)P1(=Nc2ccccc2)OCCN1c1ccccc1. The van der Waals surface area contributed by atoms with Gasteiger partial charge in [0, 0.05) is 18.8 Å². The van der Waals surface area contributed by atoms with Crippen LogP contribution in [0.4, 0.5) is 11.4 Å². The molecule has 0 radical (unpaired) electrons. The van der Waals surface area contributed by atoms with Crippen molar-refractivity contribution < 1.29 is 4.52 Å². The number of para-hydroxylation sites is 1. The molecular weight excluding hydrogens is 305 g/mol. The van der Waals surface area contributed by atoms with E-state index < -0.39 is 7.58 Å². The molecule has 1 atom stereocenters. The van der Waals surface area contributed by atoms with Gasteiger partial charge < -0.3 is 9.19 Å². The summed E-state index contributed by atoms with van der Waals surface area (Å²) in [6.45, 7) is 7.79. The van der Waals surface area contributed by atoms with Crippen LogP contribution in [0.3, 0.4) is 0 Å². The molecule has 1 heterocycles. The van der Waals surface area contributed by atoms with Gasteiger partial charge in [0.2, 0.25) is 0 Å². The van der Waals surface area contributed by atoms with Crippen LogP contribution in [0, 0.1) is 0 Å². The Hall–Kier alpha value is -1.61. The maximum Gasteiger partial charge on any atom is 0.258 e. The predicted octanol–water partition coefficient (Wildman–Crippen LogP) is 5.14. The van der Waals surface area contributed by atoms with E-state index in [0.717, 1.165) is 31.9 Å². The van der Waals surface area contributed by atoms with Gasteiger partial charge in [0.1, 0.15) is 0 Å². The van der Waals surface area contributed by atoms with Crippen LogP contribution in [-0.2, 0) is 4.52 Å². The fourth-order valence-electron chi connectivity index (χ4n) is 2.95. The Morgan fingerprint density at radius 1 is 1.00 bits per heavy atom. The number of hydrogen-bond acceptors (Lipinski definition) is 2. The molecule has 1 saturated heterocycles. The second kappa shape index (κ2) is 7.31. The third kappa shape index (κ3) is 3.20. The minimum Gasteiger partial charge on any atom is -0.315 e. The Labute approximate surface area is 138 Å². The molecule has 1 aliphatic rings. The van der Waals surface area contributed by atoms with Crippen molar-refractivity contribution in [1.82, 2.24) is 4.67 Å². The third-order valence-electron chi connectivity index (χ3n) is 4.04. The average molecular weight is 329 g/mol. The van der Waals surface area contributed by atoms with Crippen LogP contribution in [0.25, 0.3) is 0 Å². The van der Waals surface area contributed by atoms with Crippen LogP contribution < -0.4 is 4.67 Å². The van der Waals surface area contributed by atoms with Crippen molar-refractivity contribution in [2.75, 3.05) is 30.9 Å². The first-order valence-corrected chi connectivity index (χ1v) is 9.77. The van der Waals surface area contributed by atoms with E-state index in [4.69, 9.17) is 9.27 Å². The van der Waals surface area contributed by atoms with E-state index in [9.17, 15) is 0 Å². The lowest BCUT2D eigenvalue weighted by molar-refractivity contribution is 0.344. The molecule has 0 bridgehead atoms. The van der Waals surface area contributed by atoms with Crippen LogP contribution in [0.5, 0.6) is 0 Å². The molecule has 3 rings (SSSR count). The van der Waals surface area contributed by atoms with Crippen LogP contribution in [0.1, 0.15) is 13.8 Å². The smallest absolute Gasteiger partial charge is 0.258 e. The lowest BCUT2D eigenvalue weighted by Crippen LogP contribution is -2.28. The van der Waals surface area contributed by atoms with E-state index in [1.54, 1.807) is 0 Å². The lowest BCUT2D eigenvalue weighted by Gasteiger charge is -2.37. The van der Waals surface area contributed by atoms with E-state index in [1.807, 2.05) is 24.3 Å². The summed E-state index contributed by atoms with van der Waals surface area (Å²) >= 11 is 0. The average Bonchev–Trinajstić information content (AvgIpc) is 3.02. The molecule has 0 spiro atoms. The first-order valence-electron chi connectivity index (χ1n) is 8.20. The van der Waals surface area contributed by atoms with Crippen molar-refractivity contribution in [2.24, 2.45) is 4.74 Å². The summed E-state index contributed by atoms with van der Waals surface area (Å²) in [5.41, 5.74) is 2.17. The molecule has 4 nitrogen and oxygen atoms in total. The summed E-state index contributed by atoms with van der Waals surface area (Å²) in [6.07, 6.45) is 0. The fraction of sp³-hybridized carbons (Fsp3) is 0.333. The maximum absolute atomic E-state index is 6.35. The molecule has 1 unspecified atom stereocenters. The van der Waals surface area contributed by atoms with Gasteiger partial charge in [-0.3, -0.25) is 0 Å². The van der Waals surface area contributed by atoms with Crippen LogP contribution in [0.2, 0.25) is 0 Å². The van der Waals surface area contributed by atoms with E-state index in [1.165, 1.54) is 5.69 Å². The largest absolute Gasteiger partial charge is 0.315 e. The first-order chi connectivity index (χ1) is 11.3. The van der Waals surface area contributed by atoms with Crippen molar-refractivity contribution in [3.63, 3.8) is 0 Å². The Morgan fingerprint density at radius 3 is 2.22 bits per heavy atom. The number of hydrogen-bond donors (Lipinski definition) is 0. The number of nitrogens with zero attached hydrogens (tertiary/aromatic N) is 3. The minimum absolute atomic E-state index is 0.718. The number of anilines is 1. The van der Waals surface area contributed by atoms with Crippen molar-refractivity contribution in [2.45, 2.75) is 13.8 Å². The molecule has 2 aromatic rings. The Morgan fingerprint density at radius 2 is 1.61 bits per heavy atom. The lowest BCUT2D eigenvalue weighted by atomic mass is 10.3. The molecular formula is C18H24N3OP. The fourth-order valence-corrected chi connectivity index (χ4v) is 6.12. The molecule has 5 heteroatoms. The van der Waals surface area contributed by atoms with Gasteiger partial charge in [-0.1, -0.05) is 50.2 Å². The highest BCUT2D eigenvalue weighted by Gasteiger charge is 2.39. The summed E-state index contributed by atoms with van der Waals surface area (Å²) in [4.78, 5) is 0. The van der Waals surface area contributed by atoms with Crippen molar-refractivity contribution in [1.29, 1.82) is 0 Å². The van der Waals surface area contributed by atoms with Gasteiger partial charge >= 0.3 is 0 Å². The number of rotatable bonds is 5. The maximum atomic E-state index is 6.35. The van der Waals surface area contributed by atoms with Crippen LogP contribution in [-0.4, -0.2) is 30.9 Å². The second-order valence-corrected chi connectivity index (χ2v) is 7.91. The van der Waals surface area contributed by atoms with Gasteiger partial charge in [-0.05, 0) is 24.3 Å². The Bertz CT molecular complexity index is 671. The zero-order valence-corrected chi connectivity index (χ0v) is 14.7. The topological polar surface area (TPSA) is 28.1 Å². The second-order valence-electron chi connectivity index (χ2n) is 5.38. The molecule has 0 saturated carbocycles. The van der Waals surface area contributed by atoms with Gasteiger partial charge in [0.15, 0.2) is 0 Å². The zero-order valence-electron chi connectivity index (χ0n) is 13.8. The highest BCUT2D eigenvalue weighted by atomic mass is 31.2. The standard InChI is InChI=1S/C18H24N3OP/c1-3-20(4-2)23(19-17-11-7-5-8-12-17)21(15-16-22-23)18-13-9-6-10-14-18/h5-14H,3-4,15-16H2,1-2H3. The molecule has 2 aromatic carbocycles. The summed E-state index contributed by atoms with van der Waals surface area (Å²) < 4.78 is 16.2. The molecule has 0 N–H and O–H groups in total. The van der Waals surface area contributed by atoms with Gasteiger partial charge in [-0.25, -0.2) is 9.42 Å². The normalized spacial score (nSPS) is 20.9. The summed E-state index contributed by atoms with van der Waals surface area (Å²) in [5.74, 6) is 0. The minimum atomic E-state index is -2.22. The third-order valence-corrected chi connectivity index (χ3v) is 7.42. The molecule has 0 aliphatic carbocycles. The van der Waals surface area contributed by atoms with Crippen molar-refractivity contribution >= 4 is 19.0 Å². The highest BCUT2D eigenvalue weighted by molar-refractivity contribution is 7.61. The Balaban J connectivity index is 2.14. The zero-order chi connectivity index (χ0) is 16.1. The summed E-state index contributed by atoms with van der Waals surface area (Å²) in [6, 6.07) is 20.7. The van der Waals surface area contributed by atoms with Gasteiger partial charge in [-0.2, -0.15) is 0 Å². The summed E-state index contributed by atoms with van der Waals surface area (Å²) in [7, 11) is -2.22. The first kappa shape index (κ1) is 16.3. The van der Waals surface area contributed by atoms with E-state index in [2.05, 4.69) is 59.6 Å². The Kier molecular flexibility index (Phi) is 5.16. The molecule has 1 aliphatic heterocycles. The molecule has 23 heavy (non-hydrogen) atoms. The van der Waals surface area contributed by atoms with Gasteiger partial charge in [0.25, 0.3) is 7.58 Å². The number of benzene rings is 2. The molecule has 1 fully saturated rings. The van der Waals surface area contributed by atoms with Crippen LogP contribution in [0.15, 0.2) is 65.4 Å². The van der Waals surface area contributed by atoms with Gasteiger partial charge in [0.05, 0.1) is 18.8 Å². The molecule has 122 valence electrons. The van der Waals surface area contributed by atoms with Crippen molar-refractivity contribution in [3.05, 3.63) is 60.7 Å². The monoisotopic (exact) mass is 329 g/mol. The van der Waals surface area contributed by atoms with Gasteiger partial charge in [-0.15, -0.1) is 0 Å². The molecule has 0 amide bonds. The van der Waals surface area contributed by atoms with Crippen LogP contribution >= 0.6 is 7.58 Å². The van der Waals surface area contributed by atoms with E-state index in [0.29, 0.717) is 0 Å². The molecule has 0 aromatic heterocycles. The summed E-state index contributed by atoms with van der Waals surface area (Å²) in [5, 5.41) is 0.